The molecular weight excluding hydrogens is 418 g/mol. The maximum atomic E-state index is 5.86. The summed E-state index contributed by atoms with van der Waals surface area (Å²) in [5, 5.41) is 4.27. The van der Waals surface area contributed by atoms with Gasteiger partial charge in [-0.25, -0.2) is 0 Å². The van der Waals surface area contributed by atoms with Crippen LogP contribution in [-0.2, 0) is 11.3 Å². The van der Waals surface area contributed by atoms with Gasteiger partial charge in [-0.05, 0) is 74.1 Å². The molecule has 0 bridgehead atoms. The molecule has 0 unspecified atom stereocenters. The second kappa shape index (κ2) is 9.30. The Morgan fingerprint density at radius 3 is 2.50 bits per heavy atom. The average Bonchev–Trinajstić information content (AvgIpc) is 3.28. The van der Waals surface area contributed by atoms with Gasteiger partial charge >= 0.3 is 0 Å². The van der Waals surface area contributed by atoms with Crippen LogP contribution >= 0.6 is 12.2 Å². The Kier molecular flexibility index (Phi) is 6.48. The van der Waals surface area contributed by atoms with Crippen LogP contribution in [0.4, 0.5) is 11.4 Å². The van der Waals surface area contributed by atoms with Gasteiger partial charge in [0, 0.05) is 56.7 Å². The van der Waals surface area contributed by atoms with Gasteiger partial charge in [0.2, 0.25) is 0 Å². The summed E-state index contributed by atoms with van der Waals surface area (Å²) in [5.74, 6) is 0. The number of aromatic nitrogens is 2. The highest BCUT2D eigenvalue weighted by Gasteiger charge is 2.42. The third-order valence-corrected chi connectivity index (χ3v) is 6.51. The minimum absolute atomic E-state index is 0.00917. The summed E-state index contributed by atoms with van der Waals surface area (Å²) in [5.41, 5.74) is 6.90. The van der Waals surface area contributed by atoms with Crippen LogP contribution in [0.2, 0.25) is 0 Å². The van der Waals surface area contributed by atoms with Crippen LogP contribution in [0.3, 0.4) is 0 Å². The molecule has 2 atom stereocenters. The Morgan fingerprint density at radius 1 is 1.12 bits per heavy atom. The molecule has 1 aliphatic rings. The lowest BCUT2D eigenvalue weighted by Gasteiger charge is -2.28. The van der Waals surface area contributed by atoms with E-state index < -0.39 is 0 Å². The lowest BCUT2D eigenvalue weighted by Crippen LogP contribution is -2.29. The zero-order chi connectivity index (χ0) is 22.8. The van der Waals surface area contributed by atoms with Crippen LogP contribution in [0.1, 0.15) is 34.7 Å². The summed E-state index contributed by atoms with van der Waals surface area (Å²) in [6, 6.07) is 16.8. The van der Waals surface area contributed by atoms with Crippen LogP contribution < -0.4 is 15.1 Å². The van der Waals surface area contributed by atoms with Gasteiger partial charge in [-0.2, -0.15) is 0 Å². The number of nitrogens with zero attached hydrogens (tertiary/aromatic N) is 4. The van der Waals surface area contributed by atoms with Crippen molar-refractivity contribution < 1.29 is 4.74 Å². The Bertz CT molecular complexity index is 1080. The van der Waals surface area contributed by atoms with Crippen molar-refractivity contribution in [3.05, 3.63) is 77.4 Å². The highest BCUT2D eigenvalue weighted by Crippen LogP contribution is 2.43. The van der Waals surface area contributed by atoms with Gasteiger partial charge in [-0.3, -0.25) is 4.98 Å². The van der Waals surface area contributed by atoms with Crippen molar-refractivity contribution in [3.63, 3.8) is 0 Å². The van der Waals surface area contributed by atoms with Crippen LogP contribution in [0.5, 0.6) is 0 Å². The summed E-state index contributed by atoms with van der Waals surface area (Å²) >= 11 is 5.86. The van der Waals surface area contributed by atoms with Crippen molar-refractivity contribution in [2.45, 2.75) is 32.5 Å². The molecule has 2 aromatic heterocycles. The third kappa shape index (κ3) is 4.10. The smallest absolute Gasteiger partial charge is 0.174 e. The number of pyridine rings is 1. The fraction of sp³-hybridized carbons (Fsp3) is 0.360. The topological polar surface area (TPSA) is 45.6 Å². The fourth-order valence-corrected chi connectivity index (χ4v) is 4.86. The number of methoxy groups -OCH3 is 1. The summed E-state index contributed by atoms with van der Waals surface area (Å²) in [6.45, 7) is 5.84. The molecule has 168 valence electrons. The van der Waals surface area contributed by atoms with E-state index in [9.17, 15) is 0 Å². The summed E-state index contributed by atoms with van der Waals surface area (Å²) in [4.78, 5) is 8.99. The number of ether oxygens (including phenoxy) is 1. The van der Waals surface area contributed by atoms with Gasteiger partial charge in [0.05, 0.1) is 24.4 Å². The molecule has 32 heavy (non-hydrogen) atoms. The highest BCUT2D eigenvalue weighted by molar-refractivity contribution is 7.80. The standard InChI is InChI=1S/C25H31N5OS/c1-17-16-21(18(2)29(17)14-15-31-5)24-23(22-8-6-7-13-26-22)27-25(32)30(24)20-11-9-19(10-12-20)28(3)4/h6-13,16,23-24H,14-15H2,1-5H3,(H,27,32)/t23-,24-/m0/s1. The lowest BCUT2D eigenvalue weighted by molar-refractivity contribution is 0.186. The van der Waals surface area contributed by atoms with Gasteiger partial charge in [-0.15, -0.1) is 0 Å². The van der Waals surface area contributed by atoms with Crippen molar-refractivity contribution in [1.29, 1.82) is 0 Å². The van der Waals surface area contributed by atoms with E-state index in [-0.39, 0.29) is 12.1 Å². The first kappa shape index (κ1) is 22.3. The van der Waals surface area contributed by atoms with Crippen molar-refractivity contribution in [1.82, 2.24) is 14.9 Å². The maximum Gasteiger partial charge on any atom is 0.174 e. The molecule has 0 spiro atoms. The van der Waals surface area contributed by atoms with Gasteiger partial charge in [0.1, 0.15) is 0 Å². The van der Waals surface area contributed by atoms with Crippen LogP contribution in [-0.4, -0.2) is 42.5 Å². The molecule has 7 heteroatoms. The van der Waals surface area contributed by atoms with Crippen LogP contribution in [0.25, 0.3) is 0 Å². The predicted molar refractivity (Wildman–Crippen MR) is 134 cm³/mol. The Hall–Kier alpha value is -2.90. The lowest BCUT2D eigenvalue weighted by atomic mass is 9.96. The minimum Gasteiger partial charge on any atom is -0.383 e. The summed E-state index contributed by atoms with van der Waals surface area (Å²) in [6.07, 6.45) is 1.84. The van der Waals surface area contributed by atoms with Gasteiger partial charge < -0.3 is 24.4 Å². The molecular formula is C25H31N5OS. The van der Waals surface area contributed by atoms with E-state index in [1.54, 1.807) is 7.11 Å². The molecule has 4 rings (SSSR count). The van der Waals surface area contributed by atoms with Crippen molar-refractivity contribution >= 4 is 28.7 Å². The van der Waals surface area contributed by atoms with Crippen LogP contribution in [0, 0.1) is 13.8 Å². The van der Waals surface area contributed by atoms with E-state index in [4.69, 9.17) is 17.0 Å². The Balaban J connectivity index is 1.81. The maximum absolute atomic E-state index is 5.86. The van der Waals surface area contributed by atoms with E-state index in [0.717, 1.165) is 23.6 Å². The third-order valence-electron chi connectivity index (χ3n) is 6.19. The number of anilines is 2. The molecule has 3 heterocycles. The first-order chi connectivity index (χ1) is 15.4. The number of thiocarbonyl (C=S) groups is 1. The summed E-state index contributed by atoms with van der Waals surface area (Å²) < 4.78 is 7.66. The second-order valence-electron chi connectivity index (χ2n) is 8.38. The summed E-state index contributed by atoms with van der Waals surface area (Å²) in [7, 11) is 5.84. The number of hydrogen-bond acceptors (Lipinski definition) is 4. The quantitative estimate of drug-likeness (QED) is 0.540. The molecule has 1 aromatic carbocycles. The zero-order valence-corrected chi connectivity index (χ0v) is 20.2. The van der Waals surface area contributed by atoms with E-state index >= 15 is 0 Å². The van der Waals surface area contributed by atoms with E-state index in [0.29, 0.717) is 11.7 Å². The molecule has 0 aliphatic carbocycles. The SMILES string of the molecule is COCCn1c(C)cc([C@H]2[C@H](c3ccccn3)NC(=S)N2c2ccc(N(C)C)cc2)c1C. The predicted octanol–water partition coefficient (Wildman–Crippen LogP) is 4.39. The molecule has 6 nitrogen and oxygen atoms in total. The number of hydrogen-bond donors (Lipinski definition) is 1. The second-order valence-corrected chi connectivity index (χ2v) is 8.77. The van der Waals surface area contributed by atoms with Crippen molar-refractivity contribution in [3.8, 4) is 0 Å². The zero-order valence-electron chi connectivity index (χ0n) is 19.4. The van der Waals surface area contributed by atoms with E-state index in [1.165, 1.54) is 17.0 Å². The minimum atomic E-state index is -0.0476. The number of aryl methyl sites for hydroxylation is 1. The first-order valence-electron chi connectivity index (χ1n) is 10.9. The Labute approximate surface area is 195 Å². The van der Waals surface area contributed by atoms with Gasteiger partial charge in [-0.1, -0.05) is 6.07 Å². The van der Waals surface area contributed by atoms with Crippen molar-refractivity contribution in [2.75, 3.05) is 37.6 Å². The van der Waals surface area contributed by atoms with E-state index in [1.807, 2.05) is 32.4 Å². The first-order valence-corrected chi connectivity index (χ1v) is 11.3. The van der Waals surface area contributed by atoms with Gasteiger partial charge in [0.15, 0.2) is 5.11 Å². The average molecular weight is 450 g/mol. The fourth-order valence-electron chi connectivity index (χ4n) is 4.51. The van der Waals surface area contributed by atoms with Crippen molar-refractivity contribution in [2.24, 2.45) is 0 Å². The molecule has 1 saturated heterocycles. The number of rotatable bonds is 7. The molecule has 1 fully saturated rings. The molecule has 0 saturated carbocycles. The monoisotopic (exact) mass is 449 g/mol. The largest absolute Gasteiger partial charge is 0.383 e. The molecule has 0 radical (unpaired) electrons. The normalized spacial score (nSPS) is 18.2. The van der Waals surface area contributed by atoms with Gasteiger partial charge in [0.25, 0.3) is 0 Å². The highest BCUT2D eigenvalue weighted by atomic mass is 32.1. The van der Waals surface area contributed by atoms with E-state index in [2.05, 4.69) is 74.9 Å². The molecule has 0 amide bonds. The molecule has 3 aromatic rings. The number of benzene rings is 1. The molecule has 1 aliphatic heterocycles. The molecule has 1 N–H and O–H groups in total. The Morgan fingerprint density at radius 2 is 1.88 bits per heavy atom. The number of nitrogens with one attached hydrogen (secondary N) is 1. The van der Waals surface area contributed by atoms with Crippen LogP contribution in [0.15, 0.2) is 54.7 Å².